The van der Waals surface area contributed by atoms with E-state index < -0.39 is 5.97 Å². The Morgan fingerprint density at radius 2 is 1.39 bits per heavy atom. The topological polar surface area (TPSA) is 62.7 Å². The molecule has 1 amide bonds. The fourth-order valence-corrected chi connectivity index (χ4v) is 4.01. The standard InChI is InChI=1S/C25H23F2N3O3/c1-33-25(32)19-6-11-22(28-16-19)24(31)30-14-12-29(13-15-30)23(17-2-7-20(26)8-3-17)18-4-9-21(27)10-5-18/h2-11,16,23H,12-15H2,1H3. The average molecular weight is 451 g/mol. The van der Waals surface area contributed by atoms with Crippen LogP contribution in [0, 0.1) is 11.6 Å². The van der Waals surface area contributed by atoms with Crippen LogP contribution in [0.1, 0.15) is 38.0 Å². The zero-order valence-corrected chi connectivity index (χ0v) is 18.1. The monoisotopic (exact) mass is 451 g/mol. The van der Waals surface area contributed by atoms with Crippen molar-refractivity contribution in [1.29, 1.82) is 0 Å². The van der Waals surface area contributed by atoms with Crippen molar-refractivity contribution in [3.05, 3.63) is 101 Å². The van der Waals surface area contributed by atoms with Gasteiger partial charge in [-0.2, -0.15) is 0 Å². The number of carbonyl (C=O) groups is 2. The second kappa shape index (κ2) is 9.87. The molecule has 170 valence electrons. The number of hydrogen-bond acceptors (Lipinski definition) is 5. The minimum atomic E-state index is -0.511. The fraction of sp³-hybridized carbons (Fsp3) is 0.240. The summed E-state index contributed by atoms with van der Waals surface area (Å²) >= 11 is 0. The van der Waals surface area contributed by atoms with Crippen LogP contribution < -0.4 is 0 Å². The Balaban J connectivity index is 1.49. The zero-order chi connectivity index (χ0) is 23.4. The number of amides is 1. The number of pyridine rings is 1. The van der Waals surface area contributed by atoms with Crippen molar-refractivity contribution in [2.45, 2.75) is 6.04 Å². The number of benzene rings is 2. The third-order valence-electron chi connectivity index (χ3n) is 5.74. The predicted molar refractivity (Wildman–Crippen MR) is 118 cm³/mol. The van der Waals surface area contributed by atoms with Crippen LogP contribution in [0.25, 0.3) is 0 Å². The van der Waals surface area contributed by atoms with Crippen LogP contribution in [-0.2, 0) is 4.74 Å². The van der Waals surface area contributed by atoms with Gasteiger partial charge in [0.05, 0.1) is 18.7 Å². The summed E-state index contributed by atoms with van der Waals surface area (Å²) in [5.74, 6) is -1.37. The minimum Gasteiger partial charge on any atom is -0.465 e. The second-order valence-corrected chi connectivity index (χ2v) is 7.76. The lowest BCUT2D eigenvalue weighted by molar-refractivity contribution is 0.0581. The summed E-state index contributed by atoms with van der Waals surface area (Å²) in [6.07, 6.45) is 1.33. The molecule has 0 atom stereocenters. The fourth-order valence-electron chi connectivity index (χ4n) is 4.01. The van der Waals surface area contributed by atoms with E-state index >= 15 is 0 Å². The number of carbonyl (C=O) groups excluding carboxylic acids is 2. The summed E-state index contributed by atoms with van der Waals surface area (Å²) in [5, 5.41) is 0. The van der Waals surface area contributed by atoms with Crippen LogP contribution in [0.5, 0.6) is 0 Å². The van der Waals surface area contributed by atoms with E-state index in [-0.39, 0.29) is 34.8 Å². The first-order valence-corrected chi connectivity index (χ1v) is 10.5. The Labute approximate surface area is 190 Å². The van der Waals surface area contributed by atoms with E-state index in [0.29, 0.717) is 26.2 Å². The molecule has 2 heterocycles. The molecule has 6 nitrogen and oxygen atoms in total. The molecule has 1 aliphatic heterocycles. The lowest BCUT2D eigenvalue weighted by Gasteiger charge is -2.39. The largest absolute Gasteiger partial charge is 0.465 e. The van der Waals surface area contributed by atoms with Crippen molar-refractivity contribution in [2.75, 3.05) is 33.3 Å². The molecule has 0 saturated carbocycles. The van der Waals surface area contributed by atoms with Crippen molar-refractivity contribution < 1.29 is 23.1 Å². The summed E-state index contributed by atoms with van der Waals surface area (Å²) in [6, 6.07) is 15.4. The van der Waals surface area contributed by atoms with E-state index in [1.807, 2.05) is 0 Å². The van der Waals surface area contributed by atoms with Crippen LogP contribution in [0.3, 0.4) is 0 Å². The van der Waals surface area contributed by atoms with Crippen LogP contribution in [0.2, 0.25) is 0 Å². The van der Waals surface area contributed by atoms with Gasteiger partial charge < -0.3 is 9.64 Å². The number of aromatic nitrogens is 1. The van der Waals surface area contributed by atoms with Gasteiger partial charge in [0, 0.05) is 32.4 Å². The molecule has 3 aromatic rings. The van der Waals surface area contributed by atoms with Gasteiger partial charge in [-0.25, -0.2) is 13.6 Å². The van der Waals surface area contributed by atoms with Crippen LogP contribution in [0.4, 0.5) is 8.78 Å². The third-order valence-corrected chi connectivity index (χ3v) is 5.74. The van der Waals surface area contributed by atoms with Gasteiger partial charge in [-0.3, -0.25) is 14.7 Å². The average Bonchev–Trinajstić information content (AvgIpc) is 2.86. The SMILES string of the molecule is COC(=O)c1ccc(C(=O)N2CCN(C(c3ccc(F)cc3)c3ccc(F)cc3)CC2)nc1. The van der Waals surface area contributed by atoms with E-state index in [9.17, 15) is 18.4 Å². The van der Waals surface area contributed by atoms with E-state index in [4.69, 9.17) is 0 Å². The molecule has 2 aromatic carbocycles. The maximum Gasteiger partial charge on any atom is 0.339 e. The molecule has 4 rings (SSSR count). The third kappa shape index (κ3) is 5.06. The van der Waals surface area contributed by atoms with Gasteiger partial charge >= 0.3 is 5.97 Å². The molecule has 1 aromatic heterocycles. The Bertz CT molecular complexity index is 1070. The molecule has 0 unspecified atom stereocenters. The van der Waals surface area contributed by atoms with Gasteiger partial charge in [-0.05, 0) is 47.5 Å². The molecule has 1 saturated heterocycles. The molecule has 0 bridgehead atoms. The first-order chi connectivity index (χ1) is 16.0. The van der Waals surface area contributed by atoms with Crippen LogP contribution >= 0.6 is 0 Å². The van der Waals surface area contributed by atoms with Crippen molar-refractivity contribution >= 4 is 11.9 Å². The first kappa shape index (κ1) is 22.5. The number of nitrogens with zero attached hydrogens (tertiary/aromatic N) is 3. The van der Waals surface area contributed by atoms with Gasteiger partial charge in [-0.15, -0.1) is 0 Å². The summed E-state index contributed by atoms with van der Waals surface area (Å²) in [6.45, 7) is 2.09. The van der Waals surface area contributed by atoms with Gasteiger partial charge in [0.15, 0.2) is 0 Å². The number of esters is 1. The number of halogens is 2. The quantitative estimate of drug-likeness (QED) is 0.554. The molecule has 0 spiro atoms. The Morgan fingerprint density at radius 1 is 0.848 bits per heavy atom. The molecule has 8 heteroatoms. The van der Waals surface area contributed by atoms with Crippen LogP contribution in [-0.4, -0.2) is 59.9 Å². The molecule has 0 aliphatic carbocycles. The molecule has 33 heavy (non-hydrogen) atoms. The van der Waals surface area contributed by atoms with Crippen molar-refractivity contribution in [3.8, 4) is 0 Å². The van der Waals surface area contributed by atoms with Crippen molar-refractivity contribution in [1.82, 2.24) is 14.8 Å². The lowest BCUT2D eigenvalue weighted by Crippen LogP contribution is -2.50. The number of ether oxygens (including phenoxy) is 1. The smallest absolute Gasteiger partial charge is 0.339 e. The number of piperazine rings is 1. The summed E-state index contributed by atoms with van der Waals surface area (Å²) in [7, 11) is 1.28. The van der Waals surface area contributed by atoms with Gasteiger partial charge in [-0.1, -0.05) is 24.3 Å². The second-order valence-electron chi connectivity index (χ2n) is 7.76. The van der Waals surface area contributed by atoms with Crippen LogP contribution in [0.15, 0.2) is 66.9 Å². The number of hydrogen-bond donors (Lipinski definition) is 0. The van der Waals surface area contributed by atoms with Gasteiger partial charge in [0.1, 0.15) is 17.3 Å². The summed E-state index contributed by atoms with van der Waals surface area (Å²) in [5.41, 5.74) is 2.32. The first-order valence-electron chi connectivity index (χ1n) is 10.5. The Morgan fingerprint density at radius 3 is 1.85 bits per heavy atom. The lowest BCUT2D eigenvalue weighted by atomic mass is 9.96. The zero-order valence-electron chi connectivity index (χ0n) is 18.1. The van der Waals surface area contributed by atoms with E-state index in [0.717, 1.165) is 11.1 Å². The maximum atomic E-state index is 13.5. The molecular weight excluding hydrogens is 428 g/mol. The van der Waals surface area contributed by atoms with Gasteiger partial charge in [0.25, 0.3) is 5.91 Å². The highest BCUT2D eigenvalue weighted by atomic mass is 19.1. The maximum absolute atomic E-state index is 13.5. The van der Waals surface area contributed by atoms with E-state index in [1.54, 1.807) is 29.2 Å². The normalized spacial score (nSPS) is 14.4. The molecule has 0 radical (unpaired) electrons. The molecular formula is C25H23F2N3O3. The van der Waals surface area contributed by atoms with E-state index in [1.165, 1.54) is 49.7 Å². The van der Waals surface area contributed by atoms with E-state index in [2.05, 4.69) is 14.6 Å². The summed E-state index contributed by atoms with van der Waals surface area (Å²) in [4.78, 5) is 32.5. The summed E-state index contributed by atoms with van der Waals surface area (Å²) < 4.78 is 31.7. The highest BCUT2D eigenvalue weighted by Gasteiger charge is 2.29. The minimum absolute atomic E-state index is 0.194. The molecule has 0 N–H and O–H groups in total. The number of methoxy groups -OCH3 is 1. The highest BCUT2D eigenvalue weighted by Crippen LogP contribution is 2.30. The molecule has 1 fully saturated rings. The Kier molecular flexibility index (Phi) is 6.74. The van der Waals surface area contributed by atoms with Crippen molar-refractivity contribution in [2.24, 2.45) is 0 Å². The number of rotatable bonds is 5. The predicted octanol–water partition coefficient (Wildman–Crippen LogP) is 3.69. The Hall–Kier alpha value is -3.65. The molecule has 1 aliphatic rings. The van der Waals surface area contributed by atoms with Crippen molar-refractivity contribution in [3.63, 3.8) is 0 Å². The van der Waals surface area contributed by atoms with Gasteiger partial charge in [0.2, 0.25) is 0 Å². The highest BCUT2D eigenvalue weighted by molar-refractivity contribution is 5.94.